The van der Waals surface area contributed by atoms with Crippen LogP contribution in [0.25, 0.3) is 11.2 Å². The zero-order chi connectivity index (χ0) is 19.1. The third kappa shape index (κ3) is 3.07. The summed E-state index contributed by atoms with van der Waals surface area (Å²) in [5, 5.41) is 0. The minimum atomic E-state index is 0.0528. The van der Waals surface area contributed by atoms with Gasteiger partial charge in [0.2, 0.25) is 0 Å². The second kappa shape index (κ2) is 7.02. The van der Waals surface area contributed by atoms with Crippen LogP contribution in [0, 0.1) is 11.8 Å². The SMILES string of the molecule is NC1[C@@H]2CC[C@H]1CN(C(=O)c1cnc3c(c1)ncn3CCc1ccccc1)C2. The number of benzene rings is 1. The van der Waals surface area contributed by atoms with E-state index in [1.54, 1.807) is 6.20 Å². The molecule has 0 spiro atoms. The lowest BCUT2D eigenvalue weighted by Gasteiger charge is -2.36. The average Bonchev–Trinajstić information content (AvgIpc) is 3.20. The number of aromatic nitrogens is 3. The number of amides is 1. The van der Waals surface area contributed by atoms with E-state index in [0.29, 0.717) is 17.4 Å². The lowest BCUT2D eigenvalue weighted by molar-refractivity contribution is 0.0637. The minimum Gasteiger partial charge on any atom is -0.338 e. The molecule has 3 aromatic rings. The van der Waals surface area contributed by atoms with E-state index in [4.69, 9.17) is 5.73 Å². The number of piperidine rings is 1. The second-order valence-corrected chi connectivity index (χ2v) is 8.13. The van der Waals surface area contributed by atoms with Gasteiger partial charge in [-0.05, 0) is 42.7 Å². The van der Waals surface area contributed by atoms with Gasteiger partial charge in [0.15, 0.2) is 5.65 Å². The summed E-state index contributed by atoms with van der Waals surface area (Å²) in [6.45, 7) is 2.34. The summed E-state index contributed by atoms with van der Waals surface area (Å²) in [6, 6.07) is 12.5. The number of likely N-dealkylation sites (tertiary alicyclic amines) is 1. The van der Waals surface area contributed by atoms with Crippen molar-refractivity contribution in [1.29, 1.82) is 0 Å². The van der Waals surface area contributed by atoms with Gasteiger partial charge in [0.25, 0.3) is 5.91 Å². The van der Waals surface area contributed by atoms with Gasteiger partial charge in [-0.15, -0.1) is 0 Å². The molecule has 2 N–H and O–H groups in total. The number of pyridine rings is 1. The minimum absolute atomic E-state index is 0.0528. The van der Waals surface area contributed by atoms with E-state index in [2.05, 4.69) is 38.8 Å². The number of rotatable bonds is 4. The van der Waals surface area contributed by atoms with Crippen molar-refractivity contribution < 1.29 is 4.79 Å². The number of hydrogen-bond donors (Lipinski definition) is 1. The van der Waals surface area contributed by atoms with Crippen molar-refractivity contribution >= 4 is 17.1 Å². The number of fused-ring (bicyclic) bond motifs is 3. The molecule has 1 amide bonds. The zero-order valence-electron chi connectivity index (χ0n) is 15.9. The molecule has 1 unspecified atom stereocenters. The Kier molecular flexibility index (Phi) is 4.36. The lowest BCUT2D eigenvalue weighted by atomic mass is 9.93. The molecule has 1 saturated heterocycles. The van der Waals surface area contributed by atoms with Crippen LogP contribution in [0.5, 0.6) is 0 Å². The smallest absolute Gasteiger partial charge is 0.255 e. The molecule has 6 heteroatoms. The van der Waals surface area contributed by atoms with Crippen LogP contribution in [0.4, 0.5) is 0 Å². The van der Waals surface area contributed by atoms with Gasteiger partial charge in [-0.25, -0.2) is 9.97 Å². The predicted molar refractivity (Wildman–Crippen MR) is 108 cm³/mol. The average molecular weight is 375 g/mol. The molecule has 2 aromatic heterocycles. The maximum Gasteiger partial charge on any atom is 0.255 e. The number of imidazole rings is 1. The number of nitrogens with two attached hydrogens (primary N) is 1. The van der Waals surface area contributed by atoms with Crippen molar-refractivity contribution in [3.63, 3.8) is 0 Å². The van der Waals surface area contributed by atoms with E-state index < -0.39 is 0 Å². The highest BCUT2D eigenvalue weighted by Crippen LogP contribution is 2.36. The fourth-order valence-electron chi connectivity index (χ4n) is 4.74. The number of aryl methyl sites for hydroxylation is 2. The Labute approximate surface area is 164 Å². The molecule has 2 aliphatic rings. The molecule has 2 bridgehead atoms. The van der Waals surface area contributed by atoms with Gasteiger partial charge < -0.3 is 15.2 Å². The Balaban J connectivity index is 1.32. The summed E-state index contributed by atoms with van der Waals surface area (Å²) in [7, 11) is 0. The third-order valence-corrected chi connectivity index (χ3v) is 6.38. The molecule has 28 heavy (non-hydrogen) atoms. The molecular formula is C22H25N5O. The third-order valence-electron chi connectivity index (χ3n) is 6.38. The first-order valence-corrected chi connectivity index (χ1v) is 10.1. The van der Waals surface area contributed by atoms with Crippen molar-refractivity contribution in [3.8, 4) is 0 Å². The molecule has 5 rings (SSSR count). The summed E-state index contributed by atoms with van der Waals surface area (Å²) >= 11 is 0. The zero-order valence-corrected chi connectivity index (χ0v) is 15.9. The quantitative estimate of drug-likeness (QED) is 0.760. The monoisotopic (exact) mass is 375 g/mol. The first kappa shape index (κ1) is 17.4. The van der Waals surface area contributed by atoms with Gasteiger partial charge in [0, 0.05) is 31.9 Å². The fraction of sp³-hybridized carbons (Fsp3) is 0.409. The first-order valence-electron chi connectivity index (χ1n) is 10.1. The Morgan fingerprint density at radius 3 is 2.61 bits per heavy atom. The highest BCUT2D eigenvalue weighted by atomic mass is 16.2. The molecule has 2 fully saturated rings. The Bertz CT molecular complexity index is 985. The Morgan fingerprint density at radius 1 is 1.11 bits per heavy atom. The molecule has 0 radical (unpaired) electrons. The Morgan fingerprint density at radius 2 is 1.86 bits per heavy atom. The van der Waals surface area contributed by atoms with E-state index >= 15 is 0 Å². The van der Waals surface area contributed by atoms with Crippen LogP contribution in [-0.2, 0) is 13.0 Å². The van der Waals surface area contributed by atoms with Crippen LogP contribution >= 0.6 is 0 Å². The molecule has 1 aromatic carbocycles. The van der Waals surface area contributed by atoms with Gasteiger partial charge in [0.1, 0.15) is 5.52 Å². The highest BCUT2D eigenvalue weighted by molar-refractivity contribution is 5.96. The molecular weight excluding hydrogens is 350 g/mol. The first-order chi connectivity index (χ1) is 13.7. The molecule has 3 atom stereocenters. The molecule has 6 nitrogen and oxygen atoms in total. The summed E-state index contributed by atoms with van der Waals surface area (Å²) in [5.74, 6) is 0.935. The maximum atomic E-state index is 13.0. The van der Waals surface area contributed by atoms with Crippen molar-refractivity contribution in [2.75, 3.05) is 13.1 Å². The number of carbonyl (C=O) groups excluding carboxylic acids is 1. The number of nitrogens with zero attached hydrogens (tertiary/aromatic N) is 4. The topological polar surface area (TPSA) is 77.0 Å². The maximum absolute atomic E-state index is 13.0. The van der Waals surface area contributed by atoms with Crippen LogP contribution in [0.2, 0.25) is 0 Å². The fourth-order valence-corrected chi connectivity index (χ4v) is 4.74. The van der Waals surface area contributed by atoms with E-state index in [0.717, 1.165) is 50.1 Å². The molecule has 144 valence electrons. The standard InChI is InChI=1S/C22H25N5O/c23-20-16-6-7-17(20)13-27(12-16)22(28)18-10-19-21(24-11-18)26(14-25-19)9-8-15-4-2-1-3-5-15/h1-5,10-11,14,16-17,20H,6-9,12-13,23H2/t16-,17+,20?. The molecule has 1 saturated carbocycles. The van der Waals surface area contributed by atoms with Crippen LogP contribution in [0.15, 0.2) is 48.9 Å². The van der Waals surface area contributed by atoms with Crippen molar-refractivity contribution in [3.05, 3.63) is 60.0 Å². The molecule has 3 heterocycles. The normalized spacial score (nSPS) is 24.0. The van der Waals surface area contributed by atoms with Gasteiger partial charge in [-0.3, -0.25) is 4.79 Å². The molecule has 1 aliphatic carbocycles. The summed E-state index contributed by atoms with van der Waals surface area (Å²) in [5.41, 5.74) is 9.78. The van der Waals surface area contributed by atoms with Crippen LogP contribution < -0.4 is 5.73 Å². The largest absolute Gasteiger partial charge is 0.338 e. The van der Waals surface area contributed by atoms with Crippen molar-refractivity contribution in [1.82, 2.24) is 19.4 Å². The summed E-state index contributed by atoms with van der Waals surface area (Å²) < 4.78 is 2.05. The highest BCUT2D eigenvalue weighted by Gasteiger charge is 2.41. The van der Waals surface area contributed by atoms with Crippen LogP contribution in [-0.4, -0.2) is 44.5 Å². The van der Waals surface area contributed by atoms with Crippen LogP contribution in [0.3, 0.4) is 0 Å². The van der Waals surface area contributed by atoms with Crippen molar-refractivity contribution in [2.45, 2.75) is 31.8 Å². The van der Waals surface area contributed by atoms with Crippen LogP contribution in [0.1, 0.15) is 28.8 Å². The van der Waals surface area contributed by atoms with Gasteiger partial charge in [-0.1, -0.05) is 30.3 Å². The second-order valence-electron chi connectivity index (χ2n) is 8.13. The summed E-state index contributed by atoms with van der Waals surface area (Å²) in [6.07, 6.45) is 6.71. The number of hydrogen-bond acceptors (Lipinski definition) is 4. The van der Waals surface area contributed by atoms with E-state index in [1.165, 1.54) is 5.56 Å². The number of carbonyl (C=O) groups is 1. The predicted octanol–water partition coefficient (Wildman–Crippen LogP) is 2.48. The van der Waals surface area contributed by atoms with Gasteiger partial charge in [-0.2, -0.15) is 0 Å². The van der Waals surface area contributed by atoms with Gasteiger partial charge in [0.05, 0.1) is 11.9 Å². The summed E-state index contributed by atoms with van der Waals surface area (Å²) in [4.78, 5) is 24.0. The van der Waals surface area contributed by atoms with E-state index in [1.807, 2.05) is 23.4 Å². The van der Waals surface area contributed by atoms with Gasteiger partial charge >= 0.3 is 0 Å². The Hall–Kier alpha value is -2.73. The van der Waals surface area contributed by atoms with E-state index in [9.17, 15) is 4.79 Å². The van der Waals surface area contributed by atoms with E-state index in [-0.39, 0.29) is 11.9 Å². The van der Waals surface area contributed by atoms with Crippen molar-refractivity contribution in [2.24, 2.45) is 17.6 Å². The lowest BCUT2D eigenvalue weighted by Crippen LogP contribution is -2.50. The molecule has 1 aliphatic heterocycles.